The zero-order valence-electron chi connectivity index (χ0n) is 23.5. The van der Waals surface area contributed by atoms with Crippen molar-refractivity contribution in [2.75, 3.05) is 13.2 Å². The fraction of sp³-hybridized carbons (Fsp3) is 0.333. The van der Waals surface area contributed by atoms with Crippen molar-refractivity contribution in [2.24, 2.45) is 0 Å². The van der Waals surface area contributed by atoms with Gasteiger partial charge in [0, 0.05) is 12.0 Å². The van der Waals surface area contributed by atoms with Crippen LogP contribution in [0.15, 0.2) is 77.2 Å². The fourth-order valence-corrected chi connectivity index (χ4v) is 4.34. The average molecular weight is 528 g/mol. The molecule has 6 heteroatoms. The second-order valence-corrected chi connectivity index (χ2v) is 9.92. The second kappa shape index (κ2) is 12.7. The van der Waals surface area contributed by atoms with Crippen molar-refractivity contribution in [3.63, 3.8) is 0 Å². The van der Waals surface area contributed by atoms with Gasteiger partial charge in [-0.3, -0.25) is 0 Å². The van der Waals surface area contributed by atoms with Crippen LogP contribution in [-0.4, -0.2) is 29.8 Å². The van der Waals surface area contributed by atoms with E-state index in [-0.39, 0.29) is 0 Å². The van der Waals surface area contributed by atoms with E-state index in [9.17, 15) is 4.79 Å². The van der Waals surface area contributed by atoms with Crippen molar-refractivity contribution in [3.05, 3.63) is 89.8 Å². The molecule has 0 saturated heterocycles. The Hall–Kier alpha value is -4.06. The lowest BCUT2D eigenvalue weighted by Gasteiger charge is -2.24. The molecule has 1 heterocycles. The molecule has 4 rings (SSSR count). The fourth-order valence-electron chi connectivity index (χ4n) is 4.34. The minimum atomic E-state index is -1.08. The maximum atomic E-state index is 12.2. The van der Waals surface area contributed by atoms with Gasteiger partial charge in [0.1, 0.15) is 17.3 Å². The first-order valence-electron chi connectivity index (χ1n) is 13.5. The van der Waals surface area contributed by atoms with Gasteiger partial charge in [-0.15, -0.1) is 0 Å². The number of hydrogen-bond acceptors (Lipinski definition) is 6. The highest BCUT2D eigenvalue weighted by molar-refractivity contribution is 5.79. The third kappa shape index (κ3) is 7.08. The van der Waals surface area contributed by atoms with Crippen molar-refractivity contribution in [1.29, 1.82) is 0 Å². The Labute approximate surface area is 230 Å². The monoisotopic (exact) mass is 527 g/mol. The SMILES string of the molecule is CCCc1cc(OC(C)(C)C(=O)OCC)ccc1OCCc1nc(-c2ccc(-c3ccccc3)cc2)oc1C. The lowest BCUT2D eigenvalue weighted by atomic mass is 10.0. The highest BCUT2D eigenvalue weighted by Gasteiger charge is 2.31. The predicted octanol–water partition coefficient (Wildman–Crippen LogP) is 7.61. The molecule has 0 bridgehead atoms. The lowest BCUT2D eigenvalue weighted by molar-refractivity contribution is -0.158. The summed E-state index contributed by atoms with van der Waals surface area (Å²) in [6.07, 6.45) is 2.41. The molecular weight excluding hydrogens is 490 g/mol. The van der Waals surface area contributed by atoms with Crippen LogP contribution in [0.3, 0.4) is 0 Å². The van der Waals surface area contributed by atoms with Crippen LogP contribution in [0, 0.1) is 6.92 Å². The van der Waals surface area contributed by atoms with E-state index in [1.165, 1.54) is 5.56 Å². The van der Waals surface area contributed by atoms with Gasteiger partial charge in [0.25, 0.3) is 0 Å². The Balaban J connectivity index is 1.40. The molecule has 6 nitrogen and oxygen atoms in total. The molecule has 0 aliphatic carbocycles. The first-order valence-corrected chi connectivity index (χ1v) is 13.5. The summed E-state index contributed by atoms with van der Waals surface area (Å²) in [5.74, 6) is 2.42. The van der Waals surface area contributed by atoms with Gasteiger partial charge in [-0.2, -0.15) is 0 Å². The van der Waals surface area contributed by atoms with E-state index in [0.29, 0.717) is 31.3 Å². The lowest BCUT2D eigenvalue weighted by Crippen LogP contribution is -2.39. The molecule has 0 aliphatic rings. The van der Waals surface area contributed by atoms with Crippen molar-refractivity contribution < 1.29 is 23.4 Å². The summed E-state index contributed by atoms with van der Waals surface area (Å²) in [4.78, 5) is 17.0. The van der Waals surface area contributed by atoms with E-state index in [4.69, 9.17) is 23.6 Å². The van der Waals surface area contributed by atoms with Gasteiger partial charge >= 0.3 is 5.97 Å². The summed E-state index contributed by atoms with van der Waals surface area (Å²) >= 11 is 0. The van der Waals surface area contributed by atoms with Crippen molar-refractivity contribution in [1.82, 2.24) is 4.98 Å². The first-order chi connectivity index (χ1) is 18.8. The second-order valence-electron chi connectivity index (χ2n) is 9.92. The number of benzene rings is 3. The number of esters is 1. The van der Waals surface area contributed by atoms with Crippen LogP contribution in [0.1, 0.15) is 51.1 Å². The molecule has 0 radical (unpaired) electrons. The molecule has 4 aromatic rings. The van der Waals surface area contributed by atoms with Gasteiger partial charge in [-0.1, -0.05) is 55.8 Å². The summed E-state index contributed by atoms with van der Waals surface area (Å²) in [5.41, 5.74) is 4.11. The molecule has 204 valence electrons. The summed E-state index contributed by atoms with van der Waals surface area (Å²) in [6.45, 7) is 10.0. The van der Waals surface area contributed by atoms with Crippen LogP contribution in [0.2, 0.25) is 0 Å². The standard InChI is InChI=1S/C33H37NO5/c1-6-11-27-22-28(39-33(4,5)32(35)36-7-2)18-19-30(27)37-21-20-29-23(3)38-31(34-29)26-16-14-25(15-17-26)24-12-9-8-10-13-24/h8-10,12-19,22H,6-7,11,20-21H2,1-5H3. The molecule has 0 spiro atoms. The van der Waals surface area contributed by atoms with E-state index in [1.54, 1.807) is 20.8 Å². The maximum Gasteiger partial charge on any atom is 0.349 e. The van der Waals surface area contributed by atoms with Crippen LogP contribution < -0.4 is 9.47 Å². The van der Waals surface area contributed by atoms with Crippen LogP contribution in [0.5, 0.6) is 11.5 Å². The van der Waals surface area contributed by atoms with E-state index in [0.717, 1.165) is 46.7 Å². The van der Waals surface area contributed by atoms with Crippen molar-refractivity contribution in [2.45, 2.75) is 59.5 Å². The number of hydrogen-bond donors (Lipinski definition) is 0. The third-order valence-corrected chi connectivity index (χ3v) is 6.42. The topological polar surface area (TPSA) is 70.8 Å². The number of aromatic nitrogens is 1. The molecule has 0 atom stereocenters. The average Bonchev–Trinajstić information content (AvgIpc) is 3.30. The Morgan fingerprint density at radius 1 is 0.897 bits per heavy atom. The zero-order valence-corrected chi connectivity index (χ0v) is 23.5. The van der Waals surface area contributed by atoms with E-state index in [2.05, 4.69) is 31.2 Å². The zero-order chi connectivity index (χ0) is 27.8. The Bertz CT molecular complexity index is 1370. The van der Waals surface area contributed by atoms with Crippen LogP contribution in [0.4, 0.5) is 0 Å². The molecule has 0 fully saturated rings. The van der Waals surface area contributed by atoms with E-state index in [1.807, 2.05) is 55.5 Å². The number of nitrogens with zero attached hydrogens (tertiary/aromatic N) is 1. The molecule has 1 aromatic heterocycles. The predicted molar refractivity (Wildman–Crippen MR) is 153 cm³/mol. The number of carbonyl (C=O) groups excluding carboxylic acids is 1. The molecule has 0 saturated carbocycles. The van der Waals surface area contributed by atoms with Crippen LogP contribution >= 0.6 is 0 Å². The highest BCUT2D eigenvalue weighted by Crippen LogP contribution is 2.29. The summed E-state index contributed by atoms with van der Waals surface area (Å²) in [6, 6.07) is 24.2. The molecule has 0 N–H and O–H groups in total. The number of aryl methyl sites for hydroxylation is 2. The minimum absolute atomic E-state index is 0.312. The largest absolute Gasteiger partial charge is 0.493 e. The summed E-state index contributed by atoms with van der Waals surface area (Å²) in [7, 11) is 0. The third-order valence-electron chi connectivity index (χ3n) is 6.42. The minimum Gasteiger partial charge on any atom is -0.493 e. The summed E-state index contributed by atoms with van der Waals surface area (Å²) in [5, 5.41) is 0. The van der Waals surface area contributed by atoms with Gasteiger partial charge in [0.15, 0.2) is 5.60 Å². The van der Waals surface area contributed by atoms with Gasteiger partial charge in [-0.05, 0) is 81.1 Å². The Morgan fingerprint density at radius 3 is 2.28 bits per heavy atom. The van der Waals surface area contributed by atoms with Gasteiger partial charge < -0.3 is 18.6 Å². The molecule has 0 aliphatic heterocycles. The van der Waals surface area contributed by atoms with E-state index >= 15 is 0 Å². The normalized spacial score (nSPS) is 11.3. The molecule has 0 unspecified atom stereocenters. The highest BCUT2D eigenvalue weighted by atomic mass is 16.6. The van der Waals surface area contributed by atoms with Crippen molar-refractivity contribution in [3.8, 4) is 34.1 Å². The number of ether oxygens (including phenoxy) is 3. The number of rotatable bonds is 12. The quantitative estimate of drug-likeness (QED) is 0.177. The Kier molecular flexibility index (Phi) is 9.07. The van der Waals surface area contributed by atoms with E-state index < -0.39 is 11.6 Å². The molecule has 3 aromatic carbocycles. The molecule has 0 amide bonds. The maximum absolute atomic E-state index is 12.2. The van der Waals surface area contributed by atoms with Gasteiger partial charge in [-0.25, -0.2) is 9.78 Å². The number of carbonyl (C=O) groups is 1. The van der Waals surface area contributed by atoms with Crippen LogP contribution in [0.25, 0.3) is 22.6 Å². The van der Waals surface area contributed by atoms with Gasteiger partial charge in [0.05, 0.1) is 18.9 Å². The van der Waals surface area contributed by atoms with Gasteiger partial charge in [0.2, 0.25) is 5.89 Å². The Morgan fingerprint density at radius 2 is 1.59 bits per heavy atom. The van der Waals surface area contributed by atoms with Crippen LogP contribution in [-0.2, 0) is 22.4 Å². The smallest absolute Gasteiger partial charge is 0.349 e. The number of oxazole rings is 1. The molecule has 39 heavy (non-hydrogen) atoms. The first kappa shape index (κ1) is 28.0. The summed E-state index contributed by atoms with van der Waals surface area (Å²) < 4.78 is 23.3. The molecular formula is C33H37NO5. The van der Waals surface area contributed by atoms with Crippen molar-refractivity contribution >= 4 is 5.97 Å².